The largest absolute Gasteiger partial charge is 1.00 e. The number of thioether (sulfide) groups is 4. The van der Waals surface area contributed by atoms with Crippen LogP contribution in [0.3, 0.4) is 0 Å². The van der Waals surface area contributed by atoms with Crippen molar-refractivity contribution in [3.05, 3.63) is 0 Å². The Labute approximate surface area is 627 Å². The first-order valence-corrected chi connectivity index (χ1v) is 32.2. The maximum atomic E-state index is 10.7. The Balaban J connectivity index is -0.000000147. The Morgan fingerprint density at radius 1 is 0.568 bits per heavy atom. The molecule has 15 N–H and O–H groups in total. The molecule has 5 rings (SSSR count). The zero-order valence-electron chi connectivity index (χ0n) is 53.1. The molecule has 0 radical (unpaired) electrons. The van der Waals surface area contributed by atoms with E-state index in [1.165, 1.54) is 23.5 Å². The third-order valence-electron chi connectivity index (χ3n) is 8.71. The van der Waals surface area contributed by atoms with Gasteiger partial charge in [-0.1, -0.05) is 0 Å². The SMILES string of the molecule is CC1(O)CSC(C)(O)CS1.CCOC(=O)Cl.CCOC(=O)OC(=O)OCC.CN(C)CCO.N[C@@H](CS)C(=O)NCC(=O)O.N[C@@H](CS)C(=O)O.N[C@@H](CS)C(=O)O.O=C([O-])C1(O)CSC(O)(C(=O)[O-])CS1.O=C1CCC(=O)O1.O=C1CCC(=O)O1.O=C1CCC(=O)O1.[Na+].[Na+]. The smallest absolute Gasteiger partial charge is 0.546 e. The third-order valence-corrected chi connectivity index (χ3v) is 16.4. The molecule has 5 aliphatic heterocycles. The van der Waals surface area contributed by atoms with Crippen LogP contribution < -0.4 is 91.8 Å². The van der Waals surface area contributed by atoms with Crippen LogP contribution >= 0.6 is 96.5 Å². The minimum Gasteiger partial charge on any atom is -0.546 e. The van der Waals surface area contributed by atoms with Gasteiger partial charge in [-0.05, 0) is 48.7 Å². The van der Waals surface area contributed by atoms with Crippen molar-refractivity contribution in [3.8, 4) is 0 Å². The van der Waals surface area contributed by atoms with Crippen LogP contribution in [0, 0.1) is 0 Å². The Hall–Kier alpha value is -3.17. The fourth-order valence-electron chi connectivity index (χ4n) is 3.92. The number of thiol groups is 3. The Morgan fingerprint density at radius 3 is 0.979 bits per heavy atom. The summed E-state index contributed by atoms with van der Waals surface area (Å²) >= 11 is 19.4. The van der Waals surface area contributed by atoms with Gasteiger partial charge in [0, 0.05) is 58.4 Å². The number of aliphatic carboxylic acids is 5. The second kappa shape index (κ2) is 61.9. The number of carbonyl (C=O) groups excluding carboxylic acids is 12. The number of carboxylic acid groups (broad SMARTS) is 5. The van der Waals surface area contributed by atoms with Crippen LogP contribution in [-0.4, -0.2) is 267 Å². The number of halogens is 1. The van der Waals surface area contributed by atoms with Crippen LogP contribution in [0.2, 0.25) is 0 Å². The van der Waals surface area contributed by atoms with E-state index in [1.807, 2.05) is 19.0 Å². The molecule has 95 heavy (non-hydrogen) atoms. The van der Waals surface area contributed by atoms with Crippen molar-refractivity contribution in [3.63, 3.8) is 0 Å². The summed E-state index contributed by atoms with van der Waals surface area (Å²) in [6.45, 7) is 9.76. The number of carboxylic acids is 5. The molecule has 37 nitrogen and oxygen atoms in total. The van der Waals surface area contributed by atoms with E-state index in [2.05, 4.69) is 76.4 Å². The van der Waals surface area contributed by atoms with Gasteiger partial charge in [-0.2, -0.15) is 37.9 Å². The number of carbonyl (C=O) groups is 15. The maximum absolute atomic E-state index is 10.7. The number of nitrogens with two attached hydrogens (primary N) is 3. The molecule has 5 aliphatic rings. The minimum atomic E-state index is -2.15. The summed E-state index contributed by atoms with van der Waals surface area (Å²) in [5.41, 5.74) is 14.4. The first-order valence-electron chi connectivity index (χ1n) is 26.0. The Morgan fingerprint density at radius 2 is 0.853 bits per heavy atom. The molecule has 0 aromatic carbocycles. The van der Waals surface area contributed by atoms with Gasteiger partial charge < -0.3 is 121 Å². The quantitative estimate of drug-likeness (QED) is 0.0181. The summed E-state index contributed by atoms with van der Waals surface area (Å²) in [6, 6.07) is -2.37. The number of aliphatic hydroxyl groups excluding tert-OH is 1. The van der Waals surface area contributed by atoms with E-state index in [4.69, 9.17) is 49.2 Å². The molecular weight excluding hydrogens is 1460 g/mol. The number of ether oxygens (including phenoxy) is 7. The van der Waals surface area contributed by atoms with Gasteiger partial charge in [0.1, 0.15) is 28.5 Å². The van der Waals surface area contributed by atoms with Crippen molar-refractivity contribution in [1.82, 2.24) is 10.2 Å². The van der Waals surface area contributed by atoms with Gasteiger partial charge in [0.15, 0.2) is 9.87 Å². The molecule has 0 spiro atoms. The van der Waals surface area contributed by atoms with E-state index >= 15 is 0 Å². The van der Waals surface area contributed by atoms with Crippen LogP contribution in [0.1, 0.15) is 73.1 Å². The number of hydrogen-bond acceptors (Lipinski definition) is 40. The van der Waals surface area contributed by atoms with Gasteiger partial charge in [0.05, 0.1) is 82.9 Å². The summed E-state index contributed by atoms with van der Waals surface area (Å²) in [4.78, 5) is 148. The van der Waals surface area contributed by atoms with Crippen molar-refractivity contribution in [2.45, 2.75) is 111 Å². The van der Waals surface area contributed by atoms with Gasteiger partial charge in [-0.3, -0.25) is 47.9 Å². The molecule has 0 aromatic rings. The predicted molar refractivity (Wildman–Crippen MR) is 337 cm³/mol. The van der Waals surface area contributed by atoms with Crippen LogP contribution in [0.25, 0.3) is 0 Å². The molecule has 1 amide bonds. The Kier molecular flexibility index (Phi) is 70.2. The fraction of sp³-hybridized carbons (Fsp3) is 0.688. The first kappa shape index (κ1) is 108. The molecular formula is C48H80ClN5Na2O32S7. The third kappa shape index (κ3) is 67.8. The summed E-state index contributed by atoms with van der Waals surface area (Å²) in [5, 5.41) is 92.8. The number of hydrogen-bond donors (Lipinski definition) is 15. The predicted octanol–water partition coefficient (Wildman–Crippen LogP) is -9.88. The molecule has 47 heteroatoms. The van der Waals surface area contributed by atoms with Crippen molar-refractivity contribution < 1.29 is 215 Å². The van der Waals surface area contributed by atoms with Crippen LogP contribution in [-0.2, 0) is 90.7 Å². The number of aliphatic hydroxyl groups is 5. The van der Waals surface area contributed by atoms with Crippen LogP contribution in [0.15, 0.2) is 0 Å². The van der Waals surface area contributed by atoms with Gasteiger partial charge >= 0.3 is 131 Å². The van der Waals surface area contributed by atoms with E-state index < -0.39 is 145 Å². The summed E-state index contributed by atoms with van der Waals surface area (Å²) in [6.07, 6.45) is -0.496. The van der Waals surface area contributed by atoms with Gasteiger partial charge in [0.2, 0.25) is 5.91 Å². The number of rotatable bonds is 15. The van der Waals surface area contributed by atoms with E-state index in [9.17, 15) is 103 Å². The second-order valence-corrected chi connectivity index (χ2v) is 24.3. The average Bonchev–Trinajstić information content (AvgIpc) is 1.36. The summed E-state index contributed by atoms with van der Waals surface area (Å²) < 4.78 is 29.0. The fourth-order valence-corrected chi connectivity index (χ4v) is 9.05. The molecule has 4 unspecified atom stereocenters. The number of amides is 1. The topological polar surface area (TPSA) is 622 Å². The first-order chi connectivity index (χ1) is 42.8. The monoisotopic (exact) mass is 1540 g/mol. The van der Waals surface area contributed by atoms with Crippen LogP contribution in [0.4, 0.5) is 14.4 Å². The Bertz CT molecular complexity index is 2170. The zero-order chi connectivity index (χ0) is 73.9. The van der Waals surface area contributed by atoms with Gasteiger partial charge in [0.25, 0.3) is 0 Å². The van der Waals surface area contributed by atoms with Crippen molar-refractivity contribution in [2.24, 2.45) is 17.2 Å². The molecule has 0 aliphatic carbocycles. The summed E-state index contributed by atoms with van der Waals surface area (Å²) in [5.74, 6) is -8.54. The van der Waals surface area contributed by atoms with Crippen molar-refractivity contribution in [2.75, 3.05) is 93.9 Å². The number of likely N-dealkylation sites (N-methyl/N-ethyl adjacent to an activating group) is 1. The van der Waals surface area contributed by atoms with Crippen molar-refractivity contribution >= 4 is 186 Å². The molecule has 5 saturated heterocycles. The molecule has 0 bridgehead atoms. The van der Waals surface area contributed by atoms with Crippen molar-refractivity contribution in [1.29, 1.82) is 0 Å². The molecule has 5 fully saturated rings. The number of nitrogens with one attached hydrogen (secondary N) is 1. The van der Waals surface area contributed by atoms with Gasteiger partial charge in [-0.15, -0.1) is 47.0 Å². The number of nitrogens with zero attached hydrogens (tertiary/aromatic N) is 1. The minimum absolute atomic E-state index is 0. The van der Waals surface area contributed by atoms with E-state index in [-0.39, 0.29) is 135 Å². The molecule has 0 aromatic heterocycles. The van der Waals surface area contributed by atoms with E-state index in [0.717, 1.165) is 6.54 Å². The number of esters is 6. The van der Waals surface area contributed by atoms with E-state index in [1.54, 1.807) is 34.6 Å². The van der Waals surface area contributed by atoms with Gasteiger partial charge in [-0.25, -0.2) is 14.4 Å². The molecule has 0 saturated carbocycles. The average molecular weight is 1550 g/mol. The molecule has 540 valence electrons. The summed E-state index contributed by atoms with van der Waals surface area (Å²) in [7, 11) is 3.85. The molecule has 5 heterocycles. The normalized spacial score (nSPS) is 20.7. The van der Waals surface area contributed by atoms with E-state index in [0.29, 0.717) is 41.6 Å². The maximum Gasteiger partial charge on any atom is 1.00 e. The number of cyclic esters (lactones) is 6. The second-order valence-electron chi connectivity index (χ2n) is 17.5. The molecule has 7 atom stereocenters. The standard InChI is InChI=1S/C6H8O6S2.C6H10O5.C6H12O2S2.C5H10N2O3S.C4H11NO.3C4H4O3.C3H5ClO2.2C3H7NO2S.2Na/c7-3(8)5(11)1-13-6(12,2-14-5)4(9)10;1-3-9-5(7)11-6(8)10-4-2;1-5(7)3-10-6(2,8)4-9-5;6-3(2-11)5(10)7-1-4(8)9;1-5(2)3-4-6;3*5-3-1-2-4(6)7-3;1-2-6-3(4)5;2*4-2(1-7)3(5)6;;/h11-12H,1-2H2,(H,7,8)(H,9,10);3-4H2,1-2H3;7-8H,3-4H2,1-2H3;3,11H,1-2,6H2,(H,7,10)(H,8,9);6H,3-4H2,1-2H3;3*1-2H2;2H2,1H3;2*2,7H,1,4H2,(H,5,6);;/q;;;;;;;;;;;2*+1/p-2/t;;;3-;;;;;;2*2-;;/m...0.....00../s1. The van der Waals surface area contributed by atoms with Crippen LogP contribution in [0.5, 0.6) is 0 Å². The zero-order valence-corrected chi connectivity index (χ0v) is 63.8.